The van der Waals surface area contributed by atoms with Crippen molar-refractivity contribution in [3.8, 4) is 5.75 Å². The average Bonchev–Trinajstić information content (AvgIpc) is 2.37. The van der Waals surface area contributed by atoms with Crippen molar-refractivity contribution in [2.24, 2.45) is 5.73 Å². The highest BCUT2D eigenvalue weighted by molar-refractivity contribution is 7.89. The van der Waals surface area contributed by atoms with Crippen molar-refractivity contribution in [2.75, 3.05) is 27.4 Å². The maximum atomic E-state index is 12.6. The van der Waals surface area contributed by atoms with Gasteiger partial charge in [0.2, 0.25) is 10.0 Å². The van der Waals surface area contributed by atoms with Gasteiger partial charge in [0, 0.05) is 7.11 Å². The normalized spacial score (nSPS) is 12.4. The zero-order valence-electron chi connectivity index (χ0n) is 13.0. The first-order valence-electron chi connectivity index (χ1n) is 6.65. The van der Waals surface area contributed by atoms with Crippen LogP contribution in [0, 0.1) is 0 Å². The van der Waals surface area contributed by atoms with Crippen molar-refractivity contribution >= 4 is 10.0 Å². The molecule has 0 aromatic heterocycles. The van der Waals surface area contributed by atoms with Crippen LogP contribution in [-0.4, -0.2) is 41.3 Å². The van der Waals surface area contributed by atoms with Crippen molar-refractivity contribution in [3.63, 3.8) is 0 Å². The lowest BCUT2D eigenvalue weighted by Crippen LogP contribution is -2.46. The summed E-state index contributed by atoms with van der Waals surface area (Å²) < 4.78 is 38.0. The lowest BCUT2D eigenvalue weighted by Gasteiger charge is -2.25. The third-order valence-corrected chi connectivity index (χ3v) is 4.69. The molecule has 0 unspecified atom stereocenters. The molecule has 7 heteroatoms. The van der Waals surface area contributed by atoms with Gasteiger partial charge in [-0.05, 0) is 50.6 Å². The van der Waals surface area contributed by atoms with Gasteiger partial charge in [-0.1, -0.05) is 0 Å². The van der Waals surface area contributed by atoms with E-state index in [1.54, 1.807) is 26.0 Å². The zero-order chi connectivity index (χ0) is 16.1. The van der Waals surface area contributed by atoms with Gasteiger partial charge in [0.1, 0.15) is 5.75 Å². The molecule has 0 spiro atoms. The van der Waals surface area contributed by atoms with Gasteiger partial charge in [0.25, 0.3) is 0 Å². The average molecular weight is 316 g/mol. The summed E-state index contributed by atoms with van der Waals surface area (Å²) in [5.74, 6) is 0.605. The van der Waals surface area contributed by atoms with Crippen molar-refractivity contribution < 1.29 is 17.9 Å². The largest absolute Gasteiger partial charge is 0.497 e. The molecule has 1 aromatic rings. The number of hydrogen-bond acceptors (Lipinski definition) is 5. The Bertz CT molecular complexity index is 570. The van der Waals surface area contributed by atoms with Crippen LogP contribution in [0.25, 0.3) is 0 Å². The van der Waals surface area contributed by atoms with Gasteiger partial charge < -0.3 is 15.2 Å². The smallest absolute Gasteiger partial charge is 0.241 e. The Morgan fingerprint density at radius 1 is 1.29 bits per heavy atom. The highest BCUT2D eigenvalue weighted by Crippen LogP contribution is 2.23. The second-order valence-corrected chi connectivity index (χ2v) is 7.09. The van der Waals surface area contributed by atoms with Gasteiger partial charge in [-0.3, -0.25) is 0 Å². The fourth-order valence-corrected chi connectivity index (χ4v) is 3.75. The molecule has 0 bridgehead atoms. The van der Waals surface area contributed by atoms with Crippen LogP contribution >= 0.6 is 0 Å². The highest BCUT2D eigenvalue weighted by atomic mass is 32.2. The molecule has 0 atom stereocenters. The summed E-state index contributed by atoms with van der Waals surface area (Å²) in [6.45, 7) is 4.16. The minimum Gasteiger partial charge on any atom is -0.497 e. The number of benzene rings is 1. The summed E-state index contributed by atoms with van der Waals surface area (Å²) in [6.07, 6.45) is 0.456. The van der Waals surface area contributed by atoms with Gasteiger partial charge in [0.05, 0.1) is 24.2 Å². The van der Waals surface area contributed by atoms with E-state index in [9.17, 15) is 8.42 Å². The molecule has 120 valence electrons. The van der Waals surface area contributed by atoms with E-state index < -0.39 is 15.6 Å². The predicted octanol–water partition coefficient (Wildman–Crippen LogP) is 0.900. The van der Waals surface area contributed by atoms with E-state index >= 15 is 0 Å². The monoisotopic (exact) mass is 316 g/mol. The SMILES string of the molecule is COCC(C)(C)NS(=O)(=O)c1ccc(OC)cc1CCN. The molecule has 0 saturated carbocycles. The number of sulfonamides is 1. The molecule has 3 N–H and O–H groups in total. The van der Waals surface area contributed by atoms with E-state index in [0.717, 1.165) is 0 Å². The summed E-state index contributed by atoms with van der Waals surface area (Å²) in [5, 5.41) is 0. The third-order valence-electron chi connectivity index (χ3n) is 2.89. The minimum absolute atomic E-state index is 0.220. The summed E-state index contributed by atoms with van der Waals surface area (Å²) in [5.41, 5.74) is 5.50. The number of rotatable bonds is 8. The molecule has 1 rings (SSSR count). The second kappa shape index (κ2) is 7.22. The van der Waals surface area contributed by atoms with Crippen molar-refractivity contribution in [3.05, 3.63) is 23.8 Å². The summed E-state index contributed by atoms with van der Waals surface area (Å²) in [7, 11) is -0.591. The van der Waals surface area contributed by atoms with Gasteiger partial charge in [-0.15, -0.1) is 0 Å². The standard InChI is InChI=1S/C14H24N2O4S/c1-14(2,10-19-3)16-21(17,18)13-6-5-12(20-4)9-11(13)7-8-15/h5-6,9,16H,7-8,10,15H2,1-4H3. The summed E-state index contributed by atoms with van der Waals surface area (Å²) >= 11 is 0. The van der Waals surface area contributed by atoms with E-state index in [-0.39, 0.29) is 11.5 Å². The minimum atomic E-state index is -3.66. The van der Waals surface area contributed by atoms with Crippen LogP contribution in [0.1, 0.15) is 19.4 Å². The van der Waals surface area contributed by atoms with Crippen molar-refractivity contribution in [1.82, 2.24) is 4.72 Å². The summed E-state index contributed by atoms with van der Waals surface area (Å²) in [6, 6.07) is 4.86. The molecule has 0 aliphatic carbocycles. The van der Waals surface area contributed by atoms with Crippen molar-refractivity contribution in [1.29, 1.82) is 0 Å². The topological polar surface area (TPSA) is 90.6 Å². The lowest BCUT2D eigenvalue weighted by molar-refractivity contribution is 0.141. The number of nitrogens with two attached hydrogens (primary N) is 1. The van der Waals surface area contributed by atoms with E-state index in [2.05, 4.69) is 4.72 Å². The number of ether oxygens (including phenoxy) is 2. The summed E-state index contributed by atoms with van der Waals surface area (Å²) in [4.78, 5) is 0.220. The second-order valence-electron chi connectivity index (χ2n) is 5.43. The Balaban J connectivity index is 3.18. The van der Waals surface area contributed by atoms with E-state index in [0.29, 0.717) is 24.3 Å². The maximum Gasteiger partial charge on any atom is 0.241 e. The Morgan fingerprint density at radius 3 is 2.48 bits per heavy atom. The first-order valence-corrected chi connectivity index (χ1v) is 8.14. The van der Waals surface area contributed by atoms with E-state index in [1.807, 2.05) is 0 Å². The fraction of sp³-hybridized carbons (Fsp3) is 0.571. The first kappa shape index (κ1) is 17.9. The quantitative estimate of drug-likeness (QED) is 0.743. The van der Waals surface area contributed by atoms with Gasteiger partial charge >= 0.3 is 0 Å². The van der Waals surface area contributed by atoms with Crippen LogP contribution in [0.15, 0.2) is 23.1 Å². The molecule has 0 aliphatic heterocycles. The van der Waals surface area contributed by atoms with Crippen LogP contribution in [0.3, 0.4) is 0 Å². The maximum absolute atomic E-state index is 12.6. The molecule has 21 heavy (non-hydrogen) atoms. The molecule has 0 aliphatic rings. The molecule has 0 radical (unpaired) electrons. The molecule has 0 fully saturated rings. The molecular weight excluding hydrogens is 292 g/mol. The van der Waals surface area contributed by atoms with Crippen LogP contribution in [-0.2, 0) is 21.2 Å². The molecular formula is C14H24N2O4S. The fourth-order valence-electron chi connectivity index (χ4n) is 2.10. The lowest BCUT2D eigenvalue weighted by atomic mass is 10.1. The number of methoxy groups -OCH3 is 2. The van der Waals surface area contributed by atoms with Crippen molar-refractivity contribution in [2.45, 2.75) is 30.7 Å². The molecule has 0 saturated heterocycles. The van der Waals surface area contributed by atoms with Gasteiger partial charge in [-0.2, -0.15) is 0 Å². The van der Waals surface area contributed by atoms with E-state index in [4.69, 9.17) is 15.2 Å². The Labute approximate surface area is 126 Å². The molecule has 0 amide bonds. The predicted molar refractivity (Wildman–Crippen MR) is 82.0 cm³/mol. The van der Waals surface area contributed by atoms with Crippen LogP contribution in [0.2, 0.25) is 0 Å². The van der Waals surface area contributed by atoms with Crippen LogP contribution in [0.4, 0.5) is 0 Å². The number of hydrogen-bond donors (Lipinski definition) is 2. The Morgan fingerprint density at radius 2 is 1.95 bits per heavy atom. The van der Waals surface area contributed by atoms with Gasteiger partial charge in [0.15, 0.2) is 0 Å². The Hall–Kier alpha value is -1.15. The zero-order valence-corrected chi connectivity index (χ0v) is 13.8. The first-order chi connectivity index (χ1) is 9.75. The highest BCUT2D eigenvalue weighted by Gasteiger charge is 2.27. The number of nitrogens with one attached hydrogen (secondary N) is 1. The van der Waals surface area contributed by atoms with E-state index in [1.165, 1.54) is 20.3 Å². The third kappa shape index (κ3) is 4.96. The molecule has 6 nitrogen and oxygen atoms in total. The van der Waals surface area contributed by atoms with Gasteiger partial charge in [-0.25, -0.2) is 13.1 Å². The van der Waals surface area contributed by atoms with Crippen LogP contribution < -0.4 is 15.2 Å². The Kier molecular flexibility index (Phi) is 6.15. The molecule has 0 heterocycles. The molecule has 1 aromatic carbocycles. The van der Waals surface area contributed by atoms with Crippen LogP contribution in [0.5, 0.6) is 5.75 Å².